The molecule has 2 aliphatic heterocycles. The van der Waals surface area contributed by atoms with Crippen LogP contribution in [0, 0.1) is 5.92 Å². The van der Waals surface area contributed by atoms with Crippen LogP contribution in [0.15, 0.2) is 80.2 Å². The van der Waals surface area contributed by atoms with Gasteiger partial charge in [0.15, 0.2) is 5.69 Å². The van der Waals surface area contributed by atoms with Crippen molar-refractivity contribution in [3.63, 3.8) is 0 Å². The minimum Gasteiger partial charge on any atom is -0.493 e. The van der Waals surface area contributed by atoms with E-state index in [0.29, 0.717) is 35.1 Å². The normalized spacial score (nSPS) is 19.4. The van der Waals surface area contributed by atoms with Gasteiger partial charge >= 0.3 is 0 Å². The molecule has 2 atom stereocenters. The first-order chi connectivity index (χ1) is 17.9. The number of nitrogens with zero attached hydrogens (tertiary/aromatic N) is 5. The molecule has 2 aliphatic rings. The topological polar surface area (TPSA) is 92.2 Å². The van der Waals surface area contributed by atoms with Gasteiger partial charge in [-0.15, -0.1) is 10.2 Å². The second-order valence-corrected chi connectivity index (χ2v) is 11.0. The molecule has 4 heterocycles. The maximum absolute atomic E-state index is 12.6. The van der Waals surface area contributed by atoms with E-state index < -0.39 is 5.91 Å². The Morgan fingerprint density at radius 2 is 1.89 bits per heavy atom. The van der Waals surface area contributed by atoms with Crippen molar-refractivity contribution in [3.8, 4) is 5.88 Å². The highest BCUT2D eigenvalue weighted by atomic mass is 79.9. The summed E-state index contributed by atoms with van der Waals surface area (Å²) >= 11 is 9.41. The smallest absolute Gasteiger partial charge is 0.295 e. The van der Waals surface area contributed by atoms with Gasteiger partial charge in [-0.25, -0.2) is 0 Å². The highest BCUT2D eigenvalue weighted by molar-refractivity contribution is 9.10. The first-order valence-corrected chi connectivity index (χ1v) is 13.2. The first-order valence-electron chi connectivity index (χ1n) is 12.0. The number of hydrogen-bond acceptors (Lipinski definition) is 5. The maximum atomic E-state index is 12.6. The van der Waals surface area contributed by atoms with Gasteiger partial charge < -0.3 is 9.67 Å². The van der Waals surface area contributed by atoms with Gasteiger partial charge in [-0.05, 0) is 60.9 Å². The molecule has 2 aromatic carbocycles. The molecule has 4 aromatic rings. The number of carbonyl (C=O) groups excluding carboxylic acids is 1. The maximum Gasteiger partial charge on any atom is 0.295 e. The van der Waals surface area contributed by atoms with Crippen LogP contribution in [0.1, 0.15) is 28.4 Å². The van der Waals surface area contributed by atoms with Crippen molar-refractivity contribution in [2.45, 2.75) is 25.6 Å². The quantitative estimate of drug-likeness (QED) is 0.303. The van der Waals surface area contributed by atoms with Crippen LogP contribution in [0.5, 0.6) is 5.88 Å². The van der Waals surface area contributed by atoms with Crippen LogP contribution in [0.3, 0.4) is 0 Å². The monoisotopic (exact) mass is 579 g/mol. The summed E-state index contributed by atoms with van der Waals surface area (Å²) in [6.07, 6.45) is 1.05. The van der Waals surface area contributed by atoms with Gasteiger partial charge in [0.2, 0.25) is 5.88 Å². The number of benzene rings is 2. The van der Waals surface area contributed by atoms with Crippen LogP contribution in [0.2, 0.25) is 5.02 Å². The molecule has 2 aromatic heterocycles. The Hall–Kier alpha value is -3.27. The predicted molar refractivity (Wildman–Crippen MR) is 145 cm³/mol. The minimum atomic E-state index is -0.523. The zero-order valence-corrected chi connectivity index (χ0v) is 22.1. The van der Waals surface area contributed by atoms with Crippen molar-refractivity contribution in [3.05, 3.63) is 91.8 Å². The van der Waals surface area contributed by atoms with Crippen LogP contribution in [-0.2, 0) is 13.2 Å². The second-order valence-electron chi connectivity index (χ2n) is 9.65. The summed E-state index contributed by atoms with van der Waals surface area (Å²) in [6, 6.07) is 17.6. The fourth-order valence-corrected chi connectivity index (χ4v) is 6.08. The zero-order chi connectivity index (χ0) is 25.7. The number of likely N-dealkylation sites (tertiary alicyclic amines) is 1. The third-order valence-electron chi connectivity index (χ3n) is 7.20. The molecule has 0 spiro atoms. The predicted octanol–water partition coefficient (Wildman–Crippen LogP) is 5.93. The molecule has 2 bridgehead atoms. The molecule has 1 saturated heterocycles. The molecular weight excluding hydrogens is 558 g/mol. The Balaban J connectivity index is 1.31. The lowest BCUT2D eigenvalue weighted by atomic mass is 9.83. The van der Waals surface area contributed by atoms with E-state index in [-0.39, 0.29) is 23.0 Å². The highest BCUT2D eigenvalue weighted by Crippen LogP contribution is 2.41. The fraction of sp³-hybridized carbons (Fsp3) is 0.259. The lowest BCUT2D eigenvalue weighted by Crippen LogP contribution is -2.47. The lowest BCUT2D eigenvalue weighted by molar-refractivity contribution is 0.0922. The van der Waals surface area contributed by atoms with Gasteiger partial charge in [-0.1, -0.05) is 33.6 Å². The summed E-state index contributed by atoms with van der Waals surface area (Å²) in [5, 5.41) is 20.5. The van der Waals surface area contributed by atoms with Crippen molar-refractivity contribution in [1.82, 2.24) is 14.0 Å². The summed E-state index contributed by atoms with van der Waals surface area (Å²) < 4.78 is 4.54. The molecule has 0 radical (unpaired) electrons. The van der Waals surface area contributed by atoms with Gasteiger partial charge in [0.05, 0.1) is 12.2 Å². The number of carbonyl (C=O) groups is 1. The molecule has 6 rings (SSSR count). The van der Waals surface area contributed by atoms with Crippen molar-refractivity contribution in [2.24, 2.45) is 16.1 Å². The van der Waals surface area contributed by atoms with E-state index in [0.717, 1.165) is 35.2 Å². The molecule has 0 unspecified atom stereocenters. The Morgan fingerprint density at radius 1 is 1.08 bits per heavy atom. The number of halogens is 2. The van der Waals surface area contributed by atoms with E-state index in [1.165, 1.54) is 0 Å². The van der Waals surface area contributed by atoms with Crippen LogP contribution in [0.4, 0.5) is 5.69 Å². The summed E-state index contributed by atoms with van der Waals surface area (Å²) in [6.45, 7) is 2.76. The van der Waals surface area contributed by atoms with Crippen LogP contribution in [-0.4, -0.2) is 38.1 Å². The van der Waals surface area contributed by atoms with Crippen molar-refractivity contribution in [1.29, 1.82) is 0 Å². The van der Waals surface area contributed by atoms with Crippen LogP contribution >= 0.6 is 27.5 Å². The van der Waals surface area contributed by atoms with Gasteiger partial charge in [-0.2, -0.15) is 0 Å². The van der Waals surface area contributed by atoms with Gasteiger partial charge in [0.25, 0.3) is 11.5 Å². The fourth-order valence-electron chi connectivity index (χ4n) is 5.59. The Morgan fingerprint density at radius 3 is 2.70 bits per heavy atom. The Labute approximate surface area is 225 Å². The van der Waals surface area contributed by atoms with Gasteiger partial charge in [0, 0.05) is 57.8 Å². The molecule has 8 nitrogen and oxygen atoms in total. The molecule has 188 valence electrons. The number of rotatable bonds is 4. The average molecular weight is 581 g/mol. The van der Waals surface area contributed by atoms with E-state index >= 15 is 0 Å². The number of pyridine rings is 1. The summed E-state index contributed by atoms with van der Waals surface area (Å²) in [5.41, 5.74) is 2.53. The molecule has 0 aliphatic carbocycles. The van der Waals surface area contributed by atoms with Gasteiger partial charge in [0.1, 0.15) is 0 Å². The third-order valence-corrected chi connectivity index (χ3v) is 7.95. The number of amides is 1. The van der Waals surface area contributed by atoms with Crippen molar-refractivity contribution < 1.29 is 9.90 Å². The molecule has 37 heavy (non-hydrogen) atoms. The standard InChI is InChI=1S/C27H23BrClN5O3/c28-19-6-9-23-21(11-19)25(30-31-26(36)17-4-7-20(29)8-5-17)27(37)34(23)15-32-12-16-10-18(14-32)22-2-1-3-24(35)33(22)13-16/h1-9,11,16,18,37H,10,12-15H2/t16-,18-/m0/s1. The number of hydrogen-bond donors (Lipinski definition) is 1. The molecule has 1 fully saturated rings. The zero-order valence-electron chi connectivity index (χ0n) is 19.7. The average Bonchev–Trinajstić information content (AvgIpc) is 3.13. The van der Waals surface area contributed by atoms with Crippen LogP contribution in [0.25, 0.3) is 10.9 Å². The Bertz CT molecular complexity index is 1610. The Kier molecular flexibility index (Phi) is 6.22. The number of piperidine rings is 1. The first kappa shape index (κ1) is 24.1. The van der Waals surface area contributed by atoms with E-state index in [2.05, 4.69) is 31.1 Å². The van der Waals surface area contributed by atoms with E-state index in [1.54, 1.807) is 30.3 Å². The van der Waals surface area contributed by atoms with Crippen molar-refractivity contribution >= 4 is 50.0 Å². The molecule has 10 heteroatoms. The van der Waals surface area contributed by atoms with Crippen molar-refractivity contribution in [2.75, 3.05) is 13.1 Å². The van der Waals surface area contributed by atoms with Crippen LogP contribution < -0.4 is 5.56 Å². The third kappa shape index (κ3) is 4.52. The lowest BCUT2D eigenvalue weighted by Gasteiger charge is -2.42. The summed E-state index contributed by atoms with van der Waals surface area (Å²) in [4.78, 5) is 27.2. The SMILES string of the molecule is O=C(N=Nc1c(O)n(CN2C[C@@H]3C[C@@H](C2)c2cccc(=O)n2C3)c2ccc(Br)cc12)c1ccc(Cl)cc1. The molecular formula is C27H23BrClN5O3. The minimum absolute atomic E-state index is 0.0480. The summed E-state index contributed by atoms with van der Waals surface area (Å²) in [7, 11) is 0. The molecule has 1 amide bonds. The number of aromatic hydroxyl groups is 1. The van der Waals surface area contributed by atoms with Gasteiger partial charge in [-0.3, -0.25) is 19.1 Å². The van der Waals surface area contributed by atoms with E-state index in [1.807, 2.05) is 39.5 Å². The highest BCUT2D eigenvalue weighted by Gasteiger charge is 2.35. The van der Waals surface area contributed by atoms with E-state index in [4.69, 9.17) is 11.6 Å². The number of fused-ring (bicyclic) bond motifs is 5. The number of aromatic nitrogens is 2. The van der Waals surface area contributed by atoms with E-state index in [9.17, 15) is 14.7 Å². The molecule has 1 N–H and O–H groups in total. The summed E-state index contributed by atoms with van der Waals surface area (Å²) in [5.74, 6) is 0.0501. The molecule has 0 saturated carbocycles. The second kappa shape index (κ2) is 9.55. The number of azo groups is 1. The largest absolute Gasteiger partial charge is 0.493 e.